The van der Waals surface area contributed by atoms with E-state index in [1.807, 2.05) is 12.3 Å². The minimum absolute atomic E-state index is 0.864. The Morgan fingerprint density at radius 2 is 1.29 bits per heavy atom. The molecule has 160 valence electrons. The topological polar surface area (TPSA) is 38.1 Å². The molecular formula is C31H20N2O. The van der Waals surface area contributed by atoms with Crippen LogP contribution in [0.2, 0.25) is 0 Å². The largest absolute Gasteiger partial charge is 0.456 e. The molecule has 0 aliphatic carbocycles. The highest BCUT2D eigenvalue weighted by Gasteiger charge is 2.10. The molecule has 0 atom stereocenters. The highest BCUT2D eigenvalue weighted by Crippen LogP contribution is 2.34. The van der Waals surface area contributed by atoms with Gasteiger partial charge < -0.3 is 9.73 Å². The summed E-state index contributed by atoms with van der Waals surface area (Å²) in [5, 5.41) is 9.29. The number of aromatic nitrogens is 1. The summed E-state index contributed by atoms with van der Waals surface area (Å²) in [7, 11) is 0. The Hall–Kier alpha value is -4.63. The molecule has 3 heteroatoms. The van der Waals surface area contributed by atoms with Crippen molar-refractivity contribution in [2.45, 2.75) is 0 Å². The van der Waals surface area contributed by atoms with Crippen molar-refractivity contribution in [3.63, 3.8) is 0 Å². The molecule has 0 radical (unpaired) electrons. The molecule has 0 unspecified atom stereocenters. The van der Waals surface area contributed by atoms with Crippen LogP contribution in [0.1, 0.15) is 0 Å². The Labute approximate surface area is 196 Å². The third kappa shape index (κ3) is 3.18. The summed E-state index contributed by atoms with van der Waals surface area (Å²) in [6.45, 7) is 0. The standard InChI is InChI=1S/C31H20N2O/c1-2-5-22-16-23(8-7-20(22)4-1)21-9-11-25(12-10-21)33-26-13-14-27-28-19-29-24(6-3-15-32-29)17-30(28)34-31(27)18-26/h1-19,33H. The van der Waals surface area contributed by atoms with E-state index in [1.165, 1.54) is 21.9 Å². The molecule has 5 aromatic carbocycles. The third-order valence-corrected chi connectivity index (χ3v) is 6.45. The van der Waals surface area contributed by atoms with E-state index in [0.29, 0.717) is 0 Å². The molecule has 0 amide bonds. The first-order valence-electron chi connectivity index (χ1n) is 11.4. The van der Waals surface area contributed by atoms with Crippen LogP contribution in [0.5, 0.6) is 0 Å². The predicted octanol–water partition coefficient (Wildman–Crippen LogP) is 8.70. The molecule has 34 heavy (non-hydrogen) atoms. The second-order valence-corrected chi connectivity index (χ2v) is 8.62. The van der Waals surface area contributed by atoms with Gasteiger partial charge in [0.05, 0.1) is 5.52 Å². The molecule has 0 saturated heterocycles. The van der Waals surface area contributed by atoms with Gasteiger partial charge in [-0.2, -0.15) is 0 Å². The van der Waals surface area contributed by atoms with E-state index >= 15 is 0 Å². The summed E-state index contributed by atoms with van der Waals surface area (Å²) >= 11 is 0. The molecule has 0 fully saturated rings. The SMILES string of the molecule is c1ccc2cc(-c3ccc(Nc4ccc5c(c4)oc4cc6cccnc6cc45)cc3)ccc2c1. The van der Waals surface area contributed by atoms with Crippen molar-refractivity contribution in [2.75, 3.05) is 5.32 Å². The minimum Gasteiger partial charge on any atom is -0.456 e. The molecule has 2 aromatic heterocycles. The van der Waals surface area contributed by atoms with Gasteiger partial charge in [-0.25, -0.2) is 0 Å². The molecule has 0 spiro atoms. The predicted molar refractivity (Wildman–Crippen MR) is 142 cm³/mol. The number of benzene rings is 5. The van der Waals surface area contributed by atoms with E-state index in [2.05, 4.69) is 113 Å². The number of anilines is 2. The Bertz CT molecular complexity index is 1830. The Balaban J connectivity index is 1.19. The number of furan rings is 1. The summed E-state index contributed by atoms with van der Waals surface area (Å²) in [6, 6.07) is 38.0. The van der Waals surface area contributed by atoms with Gasteiger partial charge in [-0.3, -0.25) is 4.98 Å². The molecule has 0 bridgehead atoms. The van der Waals surface area contributed by atoms with E-state index in [9.17, 15) is 0 Å². The van der Waals surface area contributed by atoms with Crippen molar-refractivity contribution in [1.82, 2.24) is 4.98 Å². The van der Waals surface area contributed by atoms with E-state index < -0.39 is 0 Å². The van der Waals surface area contributed by atoms with Gasteiger partial charge >= 0.3 is 0 Å². The lowest BCUT2D eigenvalue weighted by Crippen LogP contribution is -1.90. The number of hydrogen-bond donors (Lipinski definition) is 1. The maximum Gasteiger partial charge on any atom is 0.137 e. The van der Waals surface area contributed by atoms with Gasteiger partial charge in [-0.15, -0.1) is 0 Å². The summed E-state index contributed by atoms with van der Waals surface area (Å²) in [4.78, 5) is 4.48. The van der Waals surface area contributed by atoms with Crippen LogP contribution >= 0.6 is 0 Å². The molecule has 1 N–H and O–H groups in total. The Kier molecular flexibility index (Phi) is 4.15. The average molecular weight is 437 g/mol. The summed E-state index contributed by atoms with van der Waals surface area (Å²) in [5.41, 5.74) is 7.17. The van der Waals surface area contributed by atoms with E-state index in [4.69, 9.17) is 4.42 Å². The van der Waals surface area contributed by atoms with Crippen LogP contribution in [0.3, 0.4) is 0 Å². The highest BCUT2D eigenvalue weighted by atomic mass is 16.3. The zero-order valence-corrected chi connectivity index (χ0v) is 18.3. The summed E-state index contributed by atoms with van der Waals surface area (Å²) in [6.07, 6.45) is 1.82. The molecule has 0 saturated carbocycles. The van der Waals surface area contributed by atoms with Crippen LogP contribution in [0.4, 0.5) is 11.4 Å². The van der Waals surface area contributed by atoms with Crippen molar-refractivity contribution in [3.8, 4) is 11.1 Å². The first-order chi connectivity index (χ1) is 16.8. The normalized spacial score (nSPS) is 11.5. The fourth-order valence-electron chi connectivity index (χ4n) is 4.70. The second-order valence-electron chi connectivity index (χ2n) is 8.62. The smallest absolute Gasteiger partial charge is 0.137 e. The maximum atomic E-state index is 6.18. The van der Waals surface area contributed by atoms with Crippen LogP contribution in [0.25, 0.3) is 54.7 Å². The van der Waals surface area contributed by atoms with Crippen molar-refractivity contribution >= 4 is 55.0 Å². The van der Waals surface area contributed by atoms with Gasteiger partial charge in [0.25, 0.3) is 0 Å². The molecular weight excluding hydrogens is 416 g/mol. The third-order valence-electron chi connectivity index (χ3n) is 6.45. The van der Waals surface area contributed by atoms with Gasteiger partial charge in [0.1, 0.15) is 11.2 Å². The van der Waals surface area contributed by atoms with E-state index in [-0.39, 0.29) is 0 Å². The van der Waals surface area contributed by atoms with Crippen LogP contribution in [-0.2, 0) is 0 Å². The lowest BCUT2D eigenvalue weighted by atomic mass is 10.0. The Morgan fingerprint density at radius 3 is 2.21 bits per heavy atom. The number of nitrogens with zero attached hydrogens (tertiary/aromatic N) is 1. The monoisotopic (exact) mass is 436 g/mol. The van der Waals surface area contributed by atoms with Gasteiger partial charge in [-0.1, -0.05) is 54.6 Å². The Morgan fingerprint density at radius 1 is 0.529 bits per heavy atom. The average Bonchev–Trinajstić information content (AvgIpc) is 3.24. The number of fused-ring (bicyclic) bond motifs is 5. The lowest BCUT2D eigenvalue weighted by Gasteiger charge is -2.09. The van der Waals surface area contributed by atoms with Gasteiger partial charge in [0.2, 0.25) is 0 Å². The fraction of sp³-hybridized carbons (Fsp3) is 0. The number of rotatable bonds is 3. The van der Waals surface area contributed by atoms with Gasteiger partial charge in [0, 0.05) is 39.8 Å². The number of nitrogens with one attached hydrogen (secondary N) is 1. The second kappa shape index (κ2) is 7.46. The van der Waals surface area contributed by atoms with Crippen LogP contribution in [0.15, 0.2) is 120 Å². The number of hydrogen-bond acceptors (Lipinski definition) is 3. The molecule has 0 aliphatic rings. The van der Waals surface area contributed by atoms with E-state index in [0.717, 1.165) is 44.2 Å². The molecule has 3 nitrogen and oxygen atoms in total. The zero-order valence-electron chi connectivity index (χ0n) is 18.3. The molecule has 7 aromatic rings. The van der Waals surface area contributed by atoms with Crippen molar-refractivity contribution < 1.29 is 4.42 Å². The quantitative estimate of drug-likeness (QED) is 0.301. The highest BCUT2D eigenvalue weighted by molar-refractivity contribution is 6.10. The first-order valence-corrected chi connectivity index (χ1v) is 11.4. The molecule has 7 rings (SSSR count). The minimum atomic E-state index is 0.864. The maximum absolute atomic E-state index is 6.18. The van der Waals surface area contributed by atoms with Crippen molar-refractivity contribution in [1.29, 1.82) is 0 Å². The van der Waals surface area contributed by atoms with Crippen LogP contribution < -0.4 is 5.32 Å². The van der Waals surface area contributed by atoms with Crippen molar-refractivity contribution in [3.05, 3.63) is 115 Å². The molecule has 0 aliphatic heterocycles. The van der Waals surface area contributed by atoms with Gasteiger partial charge in [0.15, 0.2) is 0 Å². The molecule has 2 heterocycles. The summed E-state index contributed by atoms with van der Waals surface area (Å²) in [5.74, 6) is 0. The number of pyridine rings is 1. The van der Waals surface area contributed by atoms with Crippen molar-refractivity contribution in [2.24, 2.45) is 0 Å². The first kappa shape index (κ1) is 18.9. The fourth-order valence-corrected chi connectivity index (χ4v) is 4.70. The zero-order chi connectivity index (χ0) is 22.5. The lowest BCUT2D eigenvalue weighted by molar-refractivity contribution is 0.669. The summed E-state index contributed by atoms with van der Waals surface area (Å²) < 4.78 is 6.18. The van der Waals surface area contributed by atoms with Gasteiger partial charge in [-0.05, 0) is 70.4 Å². The van der Waals surface area contributed by atoms with E-state index in [1.54, 1.807) is 0 Å². The van der Waals surface area contributed by atoms with Crippen LogP contribution in [-0.4, -0.2) is 4.98 Å². The van der Waals surface area contributed by atoms with Crippen LogP contribution in [0, 0.1) is 0 Å².